The molecular weight excluding hydrogens is 392 g/mol. The third-order valence-electron chi connectivity index (χ3n) is 4.22. The molecule has 0 aliphatic carbocycles. The van der Waals surface area contributed by atoms with E-state index in [1.165, 1.54) is 23.1 Å². The summed E-state index contributed by atoms with van der Waals surface area (Å²) in [6.07, 6.45) is 1.64. The first-order chi connectivity index (χ1) is 13.6. The summed E-state index contributed by atoms with van der Waals surface area (Å²) >= 11 is 2.86. The van der Waals surface area contributed by atoms with Crippen LogP contribution in [0.5, 0.6) is 0 Å². The van der Waals surface area contributed by atoms with E-state index in [9.17, 15) is 9.59 Å². The van der Waals surface area contributed by atoms with Gasteiger partial charge in [0.25, 0.3) is 5.91 Å². The number of benzene rings is 2. The van der Waals surface area contributed by atoms with Gasteiger partial charge in [-0.2, -0.15) is 0 Å². The fourth-order valence-corrected chi connectivity index (χ4v) is 4.67. The van der Waals surface area contributed by atoms with Crippen LogP contribution in [0.15, 0.2) is 46.8 Å². The van der Waals surface area contributed by atoms with Crippen LogP contribution in [0.4, 0.5) is 5.69 Å². The normalized spacial score (nSPS) is 10.8. The van der Waals surface area contributed by atoms with Gasteiger partial charge in [0.05, 0.1) is 16.0 Å². The predicted molar refractivity (Wildman–Crippen MR) is 115 cm³/mol. The Morgan fingerprint density at radius 1 is 1.07 bits per heavy atom. The van der Waals surface area contributed by atoms with E-state index in [4.69, 9.17) is 4.74 Å². The van der Waals surface area contributed by atoms with Crippen LogP contribution in [0.1, 0.15) is 25.0 Å². The van der Waals surface area contributed by atoms with Crippen molar-refractivity contribution in [2.75, 3.05) is 17.7 Å². The van der Waals surface area contributed by atoms with Crippen molar-refractivity contribution in [1.82, 2.24) is 4.98 Å². The number of aromatic nitrogens is 1. The van der Waals surface area contributed by atoms with Gasteiger partial charge >= 0.3 is 5.97 Å². The second-order valence-corrected chi connectivity index (χ2v) is 8.36. The SMILES string of the molecule is CCc1cccc(CC)c1NC(=O)COC(=O)CSc1nc2ccccc2s1. The van der Waals surface area contributed by atoms with Crippen LogP contribution in [-0.2, 0) is 27.2 Å². The second kappa shape index (κ2) is 9.71. The lowest BCUT2D eigenvalue weighted by atomic mass is 10.0. The summed E-state index contributed by atoms with van der Waals surface area (Å²) in [6, 6.07) is 13.8. The van der Waals surface area contributed by atoms with Gasteiger partial charge < -0.3 is 10.1 Å². The topological polar surface area (TPSA) is 68.3 Å². The summed E-state index contributed by atoms with van der Waals surface area (Å²) in [5, 5.41) is 2.89. The molecule has 0 radical (unpaired) electrons. The zero-order valence-corrected chi connectivity index (χ0v) is 17.5. The summed E-state index contributed by atoms with van der Waals surface area (Å²) in [5.74, 6) is -0.633. The number of aryl methyl sites for hydroxylation is 2. The van der Waals surface area contributed by atoms with Crippen molar-refractivity contribution in [3.05, 3.63) is 53.6 Å². The van der Waals surface area contributed by atoms with E-state index >= 15 is 0 Å². The Kier molecular flexibility index (Phi) is 7.06. The zero-order valence-electron chi connectivity index (χ0n) is 15.9. The molecule has 3 aromatic rings. The van der Waals surface area contributed by atoms with Crippen LogP contribution in [0.2, 0.25) is 0 Å². The minimum Gasteiger partial charge on any atom is -0.455 e. The Labute approximate surface area is 172 Å². The molecule has 0 aliphatic heterocycles. The molecule has 0 saturated heterocycles. The summed E-state index contributed by atoms with van der Waals surface area (Å²) < 4.78 is 7.02. The monoisotopic (exact) mass is 414 g/mol. The summed E-state index contributed by atoms with van der Waals surface area (Å²) in [5.41, 5.74) is 3.90. The van der Waals surface area contributed by atoms with Gasteiger partial charge in [-0.15, -0.1) is 11.3 Å². The van der Waals surface area contributed by atoms with Crippen molar-refractivity contribution in [2.45, 2.75) is 31.0 Å². The average Bonchev–Trinajstić information content (AvgIpc) is 3.14. The fraction of sp³-hybridized carbons (Fsp3) is 0.286. The van der Waals surface area contributed by atoms with Crippen molar-refractivity contribution in [3.8, 4) is 0 Å². The number of thiazole rings is 1. The van der Waals surface area contributed by atoms with E-state index in [0.29, 0.717) is 0 Å². The fourth-order valence-electron chi connectivity index (χ4n) is 2.80. The number of carbonyl (C=O) groups excluding carboxylic acids is 2. The predicted octanol–water partition coefficient (Wildman–Crippen LogP) is 4.70. The number of rotatable bonds is 8. The number of hydrogen-bond acceptors (Lipinski definition) is 6. The highest BCUT2D eigenvalue weighted by Crippen LogP contribution is 2.29. The van der Waals surface area contributed by atoms with Crippen LogP contribution in [0, 0.1) is 0 Å². The number of para-hydroxylation sites is 2. The average molecular weight is 415 g/mol. The van der Waals surface area contributed by atoms with E-state index in [1.807, 2.05) is 56.3 Å². The third kappa shape index (κ3) is 5.11. The van der Waals surface area contributed by atoms with Crippen LogP contribution in [-0.4, -0.2) is 29.2 Å². The Hall–Kier alpha value is -2.38. The molecular formula is C21H22N2O3S2. The van der Waals surface area contributed by atoms with E-state index in [1.54, 1.807) is 0 Å². The Morgan fingerprint density at radius 2 is 1.79 bits per heavy atom. The highest BCUT2D eigenvalue weighted by atomic mass is 32.2. The molecule has 0 saturated carbocycles. The summed E-state index contributed by atoms with van der Waals surface area (Å²) in [7, 11) is 0. The van der Waals surface area contributed by atoms with Crippen molar-refractivity contribution in [3.63, 3.8) is 0 Å². The molecule has 5 nitrogen and oxygen atoms in total. The third-order valence-corrected chi connectivity index (χ3v) is 6.37. The lowest BCUT2D eigenvalue weighted by Gasteiger charge is -2.14. The first kappa shape index (κ1) is 20.4. The molecule has 146 valence electrons. The molecule has 1 N–H and O–H groups in total. The maximum absolute atomic E-state index is 12.2. The molecule has 0 spiro atoms. The van der Waals surface area contributed by atoms with Crippen LogP contribution in [0.25, 0.3) is 10.2 Å². The number of hydrogen-bond donors (Lipinski definition) is 1. The van der Waals surface area contributed by atoms with E-state index in [-0.39, 0.29) is 18.3 Å². The highest BCUT2D eigenvalue weighted by molar-refractivity contribution is 8.01. The van der Waals surface area contributed by atoms with Crippen LogP contribution >= 0.6 is 23.1 Å². The molecule has 3 rings (SSSR count). The molecule has 1 amide bonds. The van der Waals surface area contributed by atoms with E-state index in [2.05, 4.69) is 10.3 Å². The van der Waals surface area contributed by atoms with Crippen molar-refractivity contribution < 1.29 is 14.3 Å². The van der Waals surface area contributed by atoms with Crippen molar-refractivity contribution in [1.29, 1.82) is 0 Å². The molecule has 1 aromatic heterocycles. The standard InChI is InChI=1S/C21H22N2O3S2/c1-3-14-8-7-9-15(4-2)20(14)23-18(24)12-26-19(25)13-27-21-22-16-10-5-6-11-17(16)28-21/h5-11H,3-4,12-13H2,1-2H3,(H,23,24). The maximum Gasteiger partial charge on any atom is 0.316 e. The van der Waals surface area contributed by atoms with Crippen molar-refractivity contribution in [2.24, 2.45) is 0 Å². The first-order valence-electron chi connectivity index (χ1n) is 9.15. The number of ether oxygens (including phenoxy) is 1. The zero-order chi connectivity index (χ0) is 19.9. The van der Waals surface area contributed by atoms with Gasteiger partial charge in [-0.1, -0.05) is 55.9 Å². The lowest BCUT2D eigenvalue weighted by Crippen LogP contribution is -2.22. The Morgan fingerprint density at radius 3 is 2.46 bits per heavy atom. The molecule has 0 bridgehead atoms. The Bertz CT molecular complexity index is 929. The highest BCUT2D eigenvalue weighted by Gasteiger charge is 2.13. The number of fused-ring (bicyclic) bond motifs is 1. The van der Waals surface area contributed by atoms with Gasteiger partial charge in [0, 0.05) is 5.69 Å². The minimum atomic E-state index is -0.432. The number of anilines is 1. The van der Waals surface area contributed by atoms with Crippen molar-refractivity contribution >= 4 is 50.9 Å². The quantitative estimate of drug-likeness (QED) is 0.428. The minimum absolute atomic E-state index is 0.124. The number of amides is 1. The summed E-state index contributed by atoms with van der Waals surface area (Å²) in [4.78, 5) is 28.7. The smallest absolute Gasteiger partial charge is 0.316 e. The molecule has 28 heavy (non-hydrogen) atoms. The van der Waals surface area contributed by atoms with Gasteiger partial charge in [-0.3, -0.25) is 9.59 Å². The molecule has 0 atom stereocenters. The molecule has 7 heteroatoms. The number of carbonyl (C=O) groups is 2. The lowest BCUT2D eigenvalue weighted by molar-refractivity contribution is -0.144. The van der Waals surface area contributed by atoms with Gasteiger partial charge in [0.2, 0.25) is 0 Å². The molecule has 1 heterocycles. The maximum atomic E-state index is 12.2. The number of thioether (sulfide) groups is 1. The Balaban J connectivity index is 1.50. The summed E-state index contributed by atoms with van der Waals surface area (Å²) in [6.45, 7) is 3.80. The second-order valence-electron chi connectivity index (χ2n) is 6.10. The number of esters is 1. The van der Waals surface area contributed by atoms with Crippen LogP contribution in [0.3, 0.4) is 0 Å². The van der Waals surface area contributed by atoms with E-state index < -0.39 is 5.97 Å². The molecule has 2 aromatic carbocycles. The first-order valence-corrected chi connectivity index (χ1v) is 11.0. The number of nitrogens with one attached hydrogen (secondary N) is 1. The van der Waals surface area contributed by atoms with Gasteiger partial charge in [-0.05, 0) is 36.1 Å². The largest absolute Gasteiger partial charge is 0.455 e. The molecule has 0 unspecified atom stereocenters. The van der Waals surface area contributed by atoms with Gasteiger partial charge in [0.1, 0.15) is 0 Å². The van der Waals surface area contributed by atoms with Gasteiger partial charge in [0.15, 0.2) is 10.9 Å². The molecule has 0 fully saturated rings. The van der Waals surface area contributed by atoms with Gasteiger partial charge in [-0.25, -0.2) is 4.98 Å². The number of nitrogens with zero attached hydrogens (tertiary/aromatic N) is 1. The molecule has 0 aliphatic rings. The van der Waals surface area contributed by atoms with E-state index in [0.717, 1.165) is 44.2 Å². The van der Waals surface area contributed by atoms with Crippen LogP contribution < -0.4 is 5.32 Å².